The van der Waals surface area contributed by atoms with Gasteiger partial charge in [-0.25, -0.2) is 0 Å². The van der Waals surface area contributed by atoms with Crippen molar-refractivity contribution in [3.8, 4) is 6.07 Å². The van der Waals surface area contributed by atoms with E-state index >= 15 is 0 Å². The predicted molar refractivity (Wildman–Crippen MR) is 47.2 cm³/mol. The molecule has 0 radical (unpaired) electrons. The molecular weight excluding hydrogens is 136 g/mol. The maximum Gasteiger partial charge on any atom is 0.0865 e. The number of rotatable bonds is 5. The zero-order chi connectivity index (χ0) is 8.69. The maximum absolute atomic E-state index is 8.42. The van der Waals surface area contributed by atoms with Gasteiger partial charge in [-0.15, -0.1) is 6.58 Å². The molecule has 0 aromatic rings. The third kappa shape index (κ3) is 5.63. The lowest BCUT2D eigenvalue weighted by Gasteiger charge is -2.15. The third-order valence-corrected chi connectivity index (χ3v) is 1.60. The Morgan fingerprint density at radius 2 is 2.27 bits per heavy atom. The Labute approximate surface area is 69.1 Å². The Bertz CT molecular complexity index is 155. The van der Waals surface area contributed by atoms with Gasteiger partial charge in [-0.1, -0.05) is 12.5 Å². The van der Waals surface area contributed by atoms with Gasteiger partial charge in [-0.2, -0.15) is 5.26 Å². The van der Waals surface area contributed by atoms with Crippen LogP contribution in [0.3, 0.4) is 0 Å². The van der Waals surface area contributed by atoms with Crippen molar-refractivity contribution in [3.05, 3.63) is 12.2 Å². The number of nitriles is 1. The average molecular weight is 152 g/mol. The molecule has 0 rings (SSSR count). The average Bonchev–Trinajstić information content (AvgIpc) is 1.97. The molecule has 0 amide bonds. The zero-order valence-corrected chi connectivity index (χ0v) is 7.43. The lowest BCUT2D eigenvalue weighted by molar-refractivity contribution is 0.326. The first-order valence-electron chi connectivity index (χ1n) is 3.94. The van der Waals surface area contributed by atoms with E-state index in [-0.39, 0.29) is 0 Å². The second kappa shape index (κ2) is 5.94. The van der Waals surface area contributed by atoms with Crippen LogP contribution >= 0.6 is 0 Å². The van der Waals surface area contributed by atoms with E-state index in [0.717, 1.165) is 19.5 Å². The highest BCUT2D eigenvalue weighted by molar-refractivity contribution is 4.89. The van der Waals surface area contributed by atoms with Crippen molar-refractivity contribution in [1.82, 2.24) is 4.90 Å². The van der Waals surface area contributed by atoms with Crippen molar-refractivity contribution in [2.24, 2.45) is 0 Å². The Morgan fingerprint density at radius 1 is 1.64 bits per heavy atom. The molecule has 0 aliphatic rings. The predicted octanol–water partition coefficient (Wildman–Crippen LogP) is 1.80. The highest BCUT2D eigenvalue weighted by atomic mass is 15.1. The lowest BCUT2D eigenvalue weighted by atomic mass is 10.2. The SMILES string of the molecule is C=C(C)CCN(CC)CC#N. The first-order valence-corrected chi connectivity index (χ1v) is 3.94. The van der Waals surface area contributed by atoms with E-state index in [9.17, 15) is 0 Å². The molecule has 0 fully saturated rings. The summed E-state index contributed by atoms with van der Waals surface area (Å²) < 4.78 is 0. The Kier molecular flexibility index (Phi) is 5.50. The minimum Gasteiger partial charge on any atom is -0.291 e. The summed E-state index contributed by atoms with van der Waals surface area (Å²) in [5, 5.41) is 8.42. The summed E-state index contributed by atoms with van der Waals surface area (Å²) in [4.78, 5) is 2.11. The van der Waals surface area contributed by atoms with Crippen molar-refractivity contribution in [3.63, 3.8) is 0 Å². The molecule has 0 spiro atoms. The van der Waals surface area contributed by atoms with Crippen LogP contribution in [0.2, 0.25) is 0 Å². The smallest absolute Gasteiger partial charge is 0.0865 e. The lowest BCUT2D eigenvalue weighted by Crippen LogP contribution is -2.24. The van der Waals surface area contributed by atoms with Crippen LogP contribution < -0.4 is 0 Å². The second-order valence-electron chi connectivity index (χ2n) is 2.73. The van der Waals surface area contributed by atoms with E-state index in [4.69, 9.17) is 5.26 Å². The van der Waals surface area contributed by atoms with Gasteiger partial charge in [0, 0.05) is 6.54 Å². The molecule has 0 saturated carbocycles. The molecule has 2 heteroatoms. The van der Waals surface area contributed by atoms with Crippen molar-refractivity contribution < 1.29 is 0 Å². The van der Waals surface area contributed by atoms with E-state index in [1.165, 1.54) is 5.57 Å². The van der Waals surface area contributed by atoms with Crippen molar-refractivity contribution in [2.45, 2.75) is 20.3 Å². The monoisotopic (exact) mass is 152 g/mol. The summed E-state index contributed by atoms with van der Waals surface area (Å²) in [5.74, 6) is 0. The molecule has 0 saturated heterocycles. The molecule has 0 aromatic carbocycles. The van der Waals surface area contributed by atoms with E-state index in [0.29, 0.717) is 6.54 Å². The minimum absolute atomic E-state index is 0.532. The summed E-state index contributed by atoms with van der Waals surface area (Å²) in [6.07, 6.45) is 0.996. The second-order valence-corrected chi connectivity index (χ2v) is 2.73. The molecule has 62 valence electrons. The van der Waals surface area contributed by atoms with E-state index in [1.54, 1.807) is 0 Å². The Balaban J connectivity index is 3.53. The van der Waals surface area contributed by atoms with Crippen LogP contribution in [-0.2, 0) is 0 Å². The molecule has 0 aliphatic heterocycles. The van der Waals surface area contributed by atoms with Crippen LogP contribution in [0.1, 0.15) is 20.3 Å². The molecule has 0 aromatic heterocycles. The van der Waals surface area contributed by atoms with Gasteiger partial charge < -0.3 is 0 Å². The van der Waals surface area contributed by atoms with Crippen LogP contribution in [0, 0.1) is 11.3 Å². The summed E-state index contributed by atoms with van der Waals surface area (Å²) in [6.45, 7) is 10.3. The molecule has 0 aliphatic carbocycles. The quantitative estimate of drug-likeness (QED) is 0.443. The minimum atomic E-state index is 0.532. The number of nitrogens with zero attached hydrogens (tertiary/aromatic N) is 2. The first-order chi connectivity index (χ1) is 5.20. The fraction of sp³-hybridized carbons (Fsp3) is 0.667. The fourth-order valence-corrected chi connectivity index (χ4v) is 0.798. The Morgan fingerprint density at radius 3 is 2.64 bits per heavy atom. The van der Waals surface area contributed by atoms with Crippen molar-refractivity contribution >= 4 is 0 Å². The normalized spacial score (nSPS) is 9.64. The van der Waals surface area contributed by atoms with Gasteiger partial charge in [-0.05, 0) is 19.9 Å². The third-order valence-electron chi connectivity index (χ3n) is 1.60. The highest BCUT2D eigenvalue weighted by Gasteiger charge is 1.99. The highest BCUT2D eigenvalue weighted by Crippen LogP contribution is 1.98. The van der Waals surface area contributed by atoms with Crippen LogP contribution in [-0.4, -0.2) is 24.5 Å². The molecule has 2 nitrogen and oxygen atoms in total. The van der Waals surface area contributed by atoms with Gasteiger partial charge >= 0.3 is 0 Å². The molecule has 0 atom stereocenters. The van der Waals surface area contributed by atoms with E-state index in [2.05, 4.69) is 24.5 Å². The Hall–Kier alpha value is -0.810. The largest absolute Gasteiger partial charge is 0.291 e. The molecule has 0 bridgehead atoms. The number of hydrogen-bond acceptors (Lipinski definition) is 2. The van der Waals surface area contributed by atoms with Crippen LogP contribution in [0.5, 0.6) is 0 Å². The standard InChI is InChI=1S/C9H16N2/c1-4-11(8-6-10)7-5-9(2)3/h2,4-5,7-8H2,1,3H3. The van der Waals surface area contributed by atoms with Crippen molar-refractivity contribution in [2.75, 3.05) is 19.6 Å². The van der Waals surface area contributed by atoms with Gasteiger partial charge in [-0.3, -0.25) is 4.90 Å². The molecule has 0 heterocycles. The summed E-state index contributed by atoms with van der Waals surface area (Å²) in [5.41, 5.74) is 1.18. The molecular formula is C9H16N2. The molecule has 0 unspecified atom stereocenters. The van der Waals surface area contributed by atoms with E-state index < -0.39 is 0 Å². The first kappa shape index (κ1) is 10.2. The van der Waals surface area contributed by atoms with Crippen LogP contribution in [0.25, 0.3) is 0 Å². The van der Waals surface area contributed by atoms with Gasteiger partial charge in [0.05, 0.1) is 12.6 Å². The van der Waals surface area contributed by atoms with Gasteiger partial charge in [0.15, 0.2) is 0 Å². The maximum atomic E-state index is 8.42. The van der Waals surface area contributed by atoms with Crippen molar-refractivity contribution in [1.29, 1.82) is 5.26 Å². The van der Waals surface area contributed by atoms with Gasteiger partial charge in [0.2, 0.25) is 0 Å². The summed E-state index contributed by atoms with van der Waals surface area (Å²) in [6, 6.07) is 2.14. The molecule has 0 N–H and O–H groups in total. The summed E-state index contributed by atoms with van der Waals surface area (Å²) >= 11 is 0. The van der Waals surface area contributed by atoms with E-state index in [1.807, 2.05) is 6.92 Å². The zero-order valence-electron chi connectivity index (χ0n) is 7.43. The topological polar surface area (TPSA) is 27.0 Å². The van der Waals surface area contributed by atoms with Crippen LogP contribution in [0.4, 0.5) is 0 Å². The fourth-order valence-electron chi connectivity index (χ4n) is 0.798. The van der Waals surface area contributed by atoms with Gasteiger partial charge in [0.25, 0.3) is 0 Å². The van der Waals surface area contributed by atoms with Gasteiger partial charge in [0.1, 0.15) is 0 Å². The number of hydrogen-bond donors (Lipinski definition) is 0. The molecule has 11 heavy (non-hydrogen) atoms. The van der Waals surface area contributed by atoms with Crippen LogP contribution in [0.15, 0.2) is 12.2 Å². The summed E-state index contributed by atoms with van der Waals surface area (Å²) in [7, 11) is 0.